The molecular formula is C24H28N4O4. The van der Waals surface area contributed by atoms with Gasteiger partial charge in [-0.3, -0.25) is 9.59 Å². The molecule has 2 aromatic rings. The van der Waals surface area contributed by atoms with E-state index in [0.29, 0.717) is 57.1 Å². The van der Waals surface area contributed by atoms with Crippen LogP contribution in [0.5, 0.6) is 0 Å². The maximum absolute atomic E-state index is 12.7. The molecule has 4 amide bonds. The zero-order valence-corrected chi connectivity index (χ0v) is 18.0. The van der Waals surface area contributed by atoms with E-state index in [1.165, 1.54) is 0 Å². The van der Waals surface area contributed by atoms with Crippen molar-refractivity contribution in [3.63, 3.8) is 0 Å². The van der Waals surface area contributed by atoms with Crippen molar-refractivity contribution in [2.75, 3.05) is 44.7 Å². The third kappa shape index (κ3) is 5.45. The van der Waals surface area contributed by atoms with Crippen LogP contribution in [-0.2, 0) is 9.53 Å². The van der Waals surface area contributed by atoms with Crippen molar-refractivity contribution in [1.29, 1.82) is 0 Å². The predicted molar refractivity (Wildman–Crippen MR) is 120 cm³/mol. The fourth-order valence-electron chi connectivity index (χ4n) is 4.01. The number of ether oxygens (including phenoxy) is 1. The van der Waals surface area contributed by atoms with Gasteiger partial charge in [0.15, 0.2) is 0 Å². The number of rotatable bonds is 6. The molecule has 2 fully saturated rings. The summed E-state index contributed by atoms with van der Waals surface area (Å²) in [5.41, 5.74) is 2.10. The molecule has 0 aromatic heterocycles. The second kappa shape index (κ2) is 10.3. The van der Waals surface area contributed by atoms with Crippen LogP contribution >= 0.6 is 0 Å². The minimum absolute atomic E-state index is 0.0382. The van der Waals surface area contributed by atoms with Crippen LogP contribution in [0.4, 0.5) is 10.5 Å². The molecule has 32 heavy (non-hydrogen) atoms. The molecule has 2 aliphatic rings. The summed E-state index contributed by atoms with van der Waals surface area (Å²) >= 11 is 0. The summed E-state index contributed by atoms with van der Waals surface area (Å²) in [6.07, 6.45) is 1.41. The molecule has 0 spiro atoms. The largest absolute Gasteiger partial charge is 0.378 e. The van der Waals surface area contributed by atoms with Gasteiger partial charge in [-0.2, -0.15) is 0 Å². The third-order valence-electron chi connectivity index (χ3n) is 5.77. The van der Waals surface area contributed by atoms with Crippen molar-refractivity contribution >= 4 is 23.5 Å². The first-order valence-electron chi connectivity index (χ1n) is 11.0. The molecule has 0 radical (unpaired) electrons. The molecule has 2 N–H and O–H groups in total. The number of anilines is 1. The van der Waals surface area contributed by atoms with E-state index in [1.807, 2.05) is 30.3 Å². The van der Waals surface area contributed by atoms with Crippen LogP contribution in [0.25, 0.3) is 0 Å². The summed E-state index contributed by atoms with van der Waals surface area (Å²) in [5, 5.41) is 5.81. The Labute approximate surface area is 187 Å². The highest BCUT2D eigenvalue weighted by molar-refractivity contribution is 5.95. The lowest BCUT2D eigenvalue weighted by Gasteiger charge is -2.27. The van der Waals surface area contributed by atoms with E-state index in [1.54, 1.807) is 34.1 Å². The lowest BCUT2D eigenvalue weighted by molar-refractivity contribution is -0.128. The summed E-state index contributed by atoms with van der Waals surface area (Å²) in [4.78, 5) is 40.9. The van der Waals surface area contributed by atoms with Gasteiger partial charge >= 0.3 is 6.03 Å². The number of urea groups is 1. The minimum Gasteiger partial charge on any atom is -0.378 e. The number of benzene rings is 2. The summed E-state index contributed by atoms with van der Waals surface area (Å²) < 4.78 is 5.29. The average molecular weight is 437 g/mol. The van der Waals surface area contributed by atoms with Crippen molar-refractivity contribution in [2.45, 2.75) is 18.9 Å². The van der Waals surface area contributed by atoms with E-state index in [4.69, 9.17) is 4.74 Å². The van der Waals surface area contributed by atoms with Gasteiger partial charge in [-0.25, -0.2) is 4.79 Å². The lowest BCUT2D eigenvalue weighted by atomic mass is 10.1. The van der Waals surface area contributed by atoms with Gasteiger partial charge in [0.1, 0.15) is 0 Å². The van der Waals surface area contributed by atoms with Gasteiger partial charge in [0.25, 0.3) is 5.91 Å². The molecule has 168 valence electrons. The molecule has 0 bridgehead atoms. The molecular weight excluding hydrogens is 408 g/mol. The van der Waals surface area contributed by atoms with Crippen molar-refractivity contribution < 1.29 is 19.1 Å². The maximum atomic E-state index is 12.7. The second-order valence-electron chi connectivity index (χ2n) is 7.99. The molecule has 4 rings (SSSR count). The Kier molecular flexibility index (Phi) is 7.01. The number of morpholine rings is 1. The summed E-state index contributed by atoms with van der Waals surface area (Å²) in [6, 6.07) is 15.8. The highest BCUT2D eigenvalue weighted by Gasteiger charge is 2.25. The molecule has 8 nitrogen and oxygen atoms in total. The zero-order valence-electron chi connectivity index (χ0n) is 18.0. The van der Waals surface area contributed by atoms with Crippen molar-refractivity contribution in [3.05, 3.63) is 65.7 Å². The monoisotopic (exact) mass is 436 g/mol. The Hall–Kier alpha value is -3.39. The number of nitrogens with one attached hydrogen (secondary N) is 2. The van der Waals surface area contributed by atoms with Crippen LogP contribution < -0.4 is 10.6 Å². The molecule has 2 saturated heterocycles. The Bertz CT molecular complexity index is 942. The molecule has 8 heteroatoms. The van der Waals surface area contributed by atoms with Crippen LogP contribution in [0.15, 0.2) is 54.6 Å². The van der Waals surface area contributed by atoms with Crippen LogP contribution in [-0.4, -0.2) is 67.0 Å². The van der Waals surface area contributed by atoms with Crippen LogP contribution in [0.1, 0.15) is 34.8 Å². The smallest absolute Gasteiger partial charge is 0.319 e. The van der Waals surface area contributed by atoms with Crippen molar-refractivity contribution in [2.24, 2.45) is 0 Å². The number of hydrogen-bond donors (Lipinski definition) is 2. The van der Waals surface area contributed by atoms with E-state index in [0.717, 1.165) is 12.0 Å². The quantitative estimate of drug-likeness (QED) is 0.728. The molecule has 2 aromatic carbocycles. The van der Waals surface area contributed by atoms with Crippen LogP contribution in [0.2, 0.25) is 0 Å². The zero-order chi connectivity index (χ0) is 22.3. The molecule has 0 aliphatic carbocycles. The maximum Gasteiger partial charge on any atom is 0.319 e. The van der Waals surface area contributed by atoms with Crippen LogP contribution in [0, 0.1) is 0 Å². The van der Waals surface area contributed by atoms with Gasteiger partial charge in [0.2, 0.25) is 5.91 Å². The third-order valence-corrected chi connectivity index (χ3v) is 5.77. The standard InChI is InChI=1S/C24H28N4O4/c29-22-7-4-12-28(22)17-21(18-5-2-1-3-6-18)26-24(31)25-20-10-8-19(9-11-20)23(30)27-13-15-32-16-14-27/h1-3,5-6,8-11,21H,4,7,12-17H2,(H2,25,26,31). The second-order valence-corrected chi connectivity index (χ2v) is 7.99. The number of likely N-dealkylation sites (tertiary alicyclic amines) is 1. The van der Waals surface area contributed by atoms with E-state index in [9.17, 15) is 14.4 Å². The average Bonchev–Trinajstić information content (AvgIpc) is 3.24. The fraction of sp³-hybridized carbons (Fsp3) is 0.375. The molecule has 2 aliphatic heterocycles. The molecule has 0 saturated carbocycles. The lowest BCUT2D eigenvalue weighted by Crippen LogP contribution is -2.40. The van der Waals surface area contributed by atoms with E-state index >= 15 is 0 Å². The Morgan fingerprint density at radius 2 is 1.69 bits per heavy atom. The first-order valence-corrected chi connectivity index (χ1v) is 11.0. The number of amides is 4. The van der Waals surface area contributed by atoms with Gasteiger partial charge in [-0.15, -0.1) is 0 Å². The molecule has 1 atom stereocenters. The molecule has 1 unspecified atom stereocenters. The SMILES string of the molecule is O=C(Nc1ccc(C(=O)N2CCOCC2)cc1)NC(CN1CCCC1=O)c1ccccc1. The molecule has 2 heterocycles. The first kappa shape index (κ1) is 21.8. The van der Waals surface area contributed by atoms with Crippen molar-refractivity contribution in [3.8, 4) is 0 Å². The number of hydrogen-bond acceptors (Lipinski definition) is 4. The van der Waals surface area contributed by atoms with E-state index in [2.05, 4.69) is 10.6 Å². The Morgan fingerprint density at radius 3 is 2.34 bits per heavy atom. The van der Waals surface area contributed by atoms with Crippen molar-refractivity contribution in [1.82, 2.24) is 15.1 Å². The van der Waals surface area contributed by atoms with Crippen LogP contribution in [0.3, 0.4) is 0 Å². The highest BCUT2D eigenvalue weighted by atomic mass is 16.5. The highest BCUT2D eigenvalue weighted by Crippen LogP contribution is 2.19. The first-order chi connectivity index (χ1) is 15.6. The Morgan fingerprint density at radius 1 is 0.969 bits per heavy atom. The summed E-state index contributed by atoms with van der Waals surface area (Å²) in [6.45, 7) is 3.42. The Balaban J connectivity index is 1.38. The van der Waals surface area contributed by atoms with E-state index in [-0.39, 0.29) is 23.9 Å². The predicted octanol–water partition coefficient (Wildman–Crippen LogP) is 2.64. The van der Waals surface area contributed by atoms with Gasteiger partial charge < -0.3 is 25.2 Å². The fourth-order valence-corrected chi connectivity index (χ4v) is 4.01. The van der Waals surface area contributed by atoms with Gasteiger partial charge in [-0.05, 0) is 36.2 Å². The topological polar surface area (TPSA) is 91.0 Å². The van der Waals surface area contributed by atoms with Gasteiger partial charge in [0.05, 0.1) is 19.3 Å². The van der Waals surface area contributed by atoms with E-state index < -0.39 is 0 Å². The number of carbonyl (C=O) groups is 3. The summed E-state index contributed by atoms with van der Waals surface area (Å²) in [5.74, 6) is 0.0809. The van der Waals surface area contributed by atoms with Gasteiger partial charge in [-0.1, -0.05) is 30.3 Å². The number of nitrogens with zero attached hydrogens (tertiary/aromatic N) is 2. The normalized spacial score (nSPS) is 17.2. The van der Waals surface area contributed by atoms with Gasteiger partial charge in [0, 0.05) is 43.9 Å². The minimum atomic E-state index is -0.363. The summed E-state index contributed by atoms with van der Waals surface area (Å²) in [7, 11) is 0. The number of carbonyl (C=O) groups excluding carboxylic acids is 3.